The smallest absolute Gasteiger partial charge is 0.324 e. The summed E-state index contributed by atoms with van der Waals surface area (Å²) in [5.41, 5.74) is 2.03. The Bertz CT molecular complexity index is 889. The second kappa shape index (κ2) is 5.99. The zero-order valence-electron chi connectivity index (χ0n) is 15.1. The number of hydrogen-bond acceptors (Lipinski definition) is 5. The van der Waals surface area contributed by atoms with Gasteiger partial charge in [-0.05, 0) is 24.6 Å². The highest BCUT2D eigenvalue weighted by atomic mass is 35.5. The van der Waals surface area contributed by atoms with Gasteiger partial charge < -0.3 is 14.5 Å². The summed E-state index contributed by atoms with van der Waals surface area (Å²) in [5, 5.41) is 0.610. The number of carbonyl (C=O) groups excluding carboxylic acids is 1. The average molecular weight is 386 g/mol. The molecule has 0 N–H and O–H groups in total. The molecule has 0 radical (unpaired) electrons. The summed E-state index contributed by atoms with van der Waals surface area (Å²) in [6.45, 7) is 6.36. The molecule has 0 saturated carbocycles. The van der Waals surface area contributed by atoms with Crippen LogP contribution in [0.3, 0.4) is 0 Å². The van der Waals surface area contributed by atoms with Crippen molar-refractivity contribution in [1.82, 2.24) is 14.9 Å². The van der Waals surface area contributed by atoms with Gasteiger partial charge in [0, 0.05) is 55.1 Å². The van der Waals surface area contributed by atoms with Crippen LogP contribution < -0.4 is 14.5 Å². The van der Waals surface area contributed by atoms with Crippen LogP contribution in [0.4, 0.5) is 16.4 Å². The van der Waals surface area contributed by atoms with Crippen molar-refractivity contribution in [2.45, 2.75) is 6.92 Å². The van der Waals surface area contributed by atoms with E-state index in [0.717, 1.165) is 43.4 Å². The van der Waals surface area contributed by atoms with Gasteiger partial charge in [0.25, 0.3) is 0 Å². The topological polar surface area (TPSA) is 61.8 Å². The molecule has 5 rings (SSSR count). The summed E-state index contributed by atoms with van der Waals surface area (Å²) in [6.07, 6.45) is 3.68. The molecule has 1 aromatic carbocycles. The van der Waals surface area contributed by atoms with Crippen molar-refractivity contribution in [2.75, 3.05) is 49.1 Å². The van der Waals surface area contributed by atoms with Gasteiger partial charge in [0.05, 0.1) is 12.2 Å². The lowest BCUT2D eigenvalue weighted by molar-refractivity contribution is 0.00885. The summed E-state index contributed by atoms with van der Waals surface area (Å²) in [5.74, 6) is 1.44. The fraction of sp³-hybridized carbons (Fsp3) is 0.421. The van der Waals surface area contributed by atoms with E-state index in [9.17, 15) is 4.79 Å². The number of ether oxygens (including phenoxy) is 1. The zero-order valence-corrected chi connectivity index (χ0v) is 15.8. The summed E-state index contributed by atoms with van der Waals surface area (Å²) < 4.78 is 5.64. The number of carbonyl (C=O) groups is 1. The molecule has 2 aromatic rings. The van der Waals surface area contributed by atoms with Crippen molar-refractivity contribution in [3.63, 3.8) is 0 Å². The number of fused-ring (bicyclic) bond motifs is 1. The lowest BCUT2D eigenvalue weighted by atomic mass is 9.73. The summed E-state index contributed by atoms with van der Waals surface area (Å²) in [6, 6.07) is 5.44. The maximum Gasteiger partial charge on any atom is 0.324 e. The predicted molar refractivity (Wildman–Crippen MR) is 103 cm³/mol. The van der Waals surface area contributed by atoms with Crippen LogP contribution in [0.1, 0.15) is 5.56 Å². The van der Waals surface area contributed by atoms with Crippen LogP contribution >= 0.6 is 11.6 Å². The average Bonchev–Trinajstić information content (AvgIpc) is 2.59. The van der Waals surface area contributed by atoms with Crippen molar-refractivity contribution in [3.8, 4) is 5.75 Å². The molecule has 140 valence electrons. The Morgan fingerprint density at radius 1 is 1.19 bits per heavy atom. The molecule has 1 aromatic heterocycles. The monoisotopic (exact) mass is 385 g/mol. The standard InChI is InChI=1S/C19H20ClN5O2/c1-13-7-21-17(22-8-13)23-9-19(10-23)11-24(12-19)18(26)25-4-5-27-16-6-14(20)2-3-15(16)25/h2-3,6-8H,4-5,9-12H2,1H3. The Morgan fingerprint density at radius 3 is 2.67 bits per heavy atom. The first-order valence-corrected chi connectivity index (χ1v) is 9.43. The van der Waals surface area contributed by atoms with Gasteiger partial charge in [-0.25, -0.2) is 14.8 Å². The largest absolute Gasteiger partial charge is 0.489 e. The Labute approximate surface area is 162 Å². The summed E-state index contributed by atoms with van der Waals surface area (Å²) >= 11 is 6.03. The lowest BCUT2D eigenvalue weighted by Crippen LogP contribution is -2.74. The number of nitrogens with zero attached hydrogens (tertiary/aromatic N) is 5. The number of hydrogen-bond donors (Lipinski definition) is 0. The Balaban J connectivity index is 1.22. The van der Waals surface area contributed by atoms with Crippen molar-refractivity contribution in [3.05, 3.63) is 41.2 Å². The van der Waals surface area contributed by atoms with Gasteiger partial charge in [-0.15, -0.1) is 0 Å². The molecule has 0 bridgehead atoms. The van der Waals surface area contributed by atoms with E-state index in [-0.39, 0.29) is 11.4 Å². The van der Waals surface area contributed by atoms with E-state index in [4.69, 9.17) is 16.3 Å². The van der Waals surface area contributed by atoms with Gasteiger partial charge in [-0.3, -0.25) is 4.90 Å². The number of likely N-dealkylation sites (tertiary alicyclic amines) is 1. The van der Waals surface area contributed by atoms with Crippen molar-refractivity contribution < 1.29 is 9.53 Å². The van der Waals surface area contributed by atoms with Crippen LogP contribution in [-0.4, -0.2) is 60.2 Å². The minimum atomic E-state index is 0.0394. The van der Waals surface area contributed by atoms with Crippen LogP contribution in [0.25, 0.3) is 0 Å². The van der Waals surface area contributed by atoms with E-state index in [0.29, 0.717) is 23.9 Å². The normalized spacial score (nSPS) is 19.9. The molecule has 4 heterocycles. The number of benzene rings is 1. The molecule has 0 atom stereocenters. The molecule has 0 unspecified atom stereocenters. The van der Waals surface area contributed by atoms with Crippen molar-refractivity contribution >= 4 is 29.3 Å². The Kier molecular flexibility index (Phi) is 3.69. The number of rotatable bonds is 1. The van der Waals surface area contributed by atoms with E-state index in [1.165, 1.54) is 0 Å². The SMILES string of the molecule is Cc1cnc(N2CC3(CN(C(=O)N4CCOc5cc(Cl)ccc54)C3)C2)nc1. The number of aromatic nitrogens is 2. The lowest BCUT2D eigenvalue weighted by Gasteiger charge is -2.60. The predicted octanol–water partition coefficient (Wildman–Crippen LogP) is 2.58. The first kappa shape index (κ1) is 16.6. The maximum absolute atomic E-state index is 13.0. The molecule has 2 fully saturated rings. The highest BCUT2D eigenvalue weighted by Gasteiger charge is 2.54. The molecule has 2 amide bonds. The van der Waals surface area contributed by atoms with E-state index in [1.54, 1.807) is 17.0 Å². The highest BCUT2D eigenvalue weighted by Crippen LogP contribution is 2.42. The fourth-order valence-corrected chi connectivity index (χ4v) is 4.28. The molecular formula is C19H20ClN5O2. The van der Waals surface area contributed by atoms with E-state index in [2.05, 4.69) is 14.9 Å². The molecule has 27 heavy (non-hydrogen) atoms. The zero-order chi connectivity index (χ0) is 18.6. The van der Waals surface area contributed by atoms with Gasteiger partial charge in [0.15, 0.2) is 0 Å². The molecule has 0 aliphatic carbocycles. The molecular weight excluding hydrogens is 366 g/mol. The molecule has 2 saturated heterocycles. The second-order valence-electron chi connectivity index (χ2n) is 7.67. The molecule has 1 spiro atoms. The molecule has 7 nitrogen and oxygen atoms in total. The van der Waals surface area contributed by atoms with E-state index >= 15 is 0 Å². The van der Waals surface area contributed by atoms with Crippen LogP contribution in [0.2, 0.25) is 5.02 Å². The van der Waals surface area contributed by atoms with Gasteiger partial charge >= 0.3 is 6.03 Å². The van der Waals surface area contributed by atoms with Crippen LogP contribution in [0.15, 0.2) is 30.6 Å². The van der Waals surface area contributed by atoms with Gasteiger partial charge in [-0.1, -0.05) is 11.6 Å². The molecule has 8 heteroatoms. The number of urea groups is 1. The van der Waals surface area contributed by atoms with Gasteiger partial charge in [0.1, 0.15) is 12.4 Å². The minimum Gasteiger partial charge on any atom is -0.489 e. The van der Waals surface area contributed by atoms with Gasteiger partial charge in [0.2, 0.25) is 5.95 Å². The fourth-order valence-electron chi connectivity index (χ4n) is 4.12. The first-order chi connectivity index (χ1) is 13.0. The van der Waals surface area contributed by atoms with E-state index < -0.39 is 0 Å². The Morgan fingerprint density at radius 2 is 1.93 bits per heavy atom. The number of aryl methyl sites for hydroxylation is 1. The number of halogens is 1. The summed E-state index contributed by atoms with van der Waals surface area (Å²) in [4.78, 5) is 27.6. The highest BCUT2D eigenvalue weighted by molar-refractivity contribution is 6.30. The van der Waals surface area contributed by atoms with Crippen molar-refractivity contribution in [2.24, 2.45) is 5.41 Å². The number of amides is 2. The molecule has 3 aliphatic heterocycles. The third-order valence-electron chi connectivity index (χ3n) is 5.44. The van der Waals surface area contributed by atoms with Crippen LogP contribution in [0, 0.1) is 12.3 Å². The molecule has 3 aliphatic rings. The van der Waals surface area contributed by atoms with Gasteiger partial charge in [-0.2, -0.15) is 0 Å². The van der Waals surface area contributed by atoms with Crippen LogP contribution in [-0.2, 0) is 0 Å². The third kappa shape index (κ3) is 2.77. The minimum absolute atomic E-state index is 0.0394. The number of anilines is 2. The quantitative estimate of drug-likeness (QED) is 0.755. The van der Waals surface area contributed by atoms with Crippen LogP contribution in [0.5, 0.6) is 5.75 Å². The maximum atomic E-state index is 13.0. The van der Waals surface area contributed by atoms with Crippen molar-refractivity contribution in [1.29, 1.82) is 0 Å². The summed E-state index contributed by atoms with van der Waals surface area (Å²) in [7, 11) is 0. The first-order valence-electron chi connectivity index (χ1n) is 9.05. The third-order valence-corrected chi connectivity index (χ3v) is 5.68. The van der Waals surface area contributed by atoms with E-state index in [1.807, 2.05) is 30.3 Å². The second-order valence-corrected chi connectivity index (χ2v) is 8.10. The Hall–Kier alpha value is -2.54.